The molecule has 0 heterocycles. The number of ether oxygens (including phenoxy) is 2. The van der Waals surface area contributed by atoms with E-state index in [0.29, 0.717) is 12.5 Å². The van der Waals surface area contributed by atoms with Crippen LogP contribution in [0.3, 0.4) is 0 Å². The third-order valence-corrected chi connectivity index (χ3v) is 3.33. The molecule has 3 heteroatoms. The van der Waals surface area contributed by atoms with Crippen LogP contribution < -0.4 is 4.74 Å². The largest absolute Gasteiger partial charge is 0.490 e. The molecule has 0 aliphatic rings. The van der Waals surface area contributed by atoms with Crippen molar-refractivity contribution in [3.05, 3.63) is 29.8 Å². The van der Waals surface area contributed by atoms with E-state index in [1.54, 1.807) is 0 Å². The van der Waals surface area contributed by atoms with E-state index in [1.807, 2.05) is 32.9 Å². The van der Waals surface area contributed by atoms with Crippen LogP contribution in [0.1, 0.15) is 52.5 Å². The Labute approximate surface area is 122 Å². The van der Waals surface area contributed by atoms with Gasteiger partial charge in [0.2, 0.25) is 0 Å². The summed E-state index contributed by atoms with van der Waals surface area (Å²) in [4.78, 5) is 11.4. The van der Waals surface area contributed by atoms with Crippen LogP contribution in [0.5, 0.6) is 5.75 Å². The van der Waals surface area contributed by atoms with Crippen molar-refractivity contribution in [2.45, 2.75) is 53.1 Å². The van der Waals surface area contributed by atoms with Gasteiger partial charge in [-0.15, -0.1) is 0 Å². The summed E-state index contributed by atoms with van der Waals surface area (Å²) in [5.41, 5.74) is 1.32. The smallest absolute Gasteiger partial charge is 0.308 e. The van der Waals surface area contributed by atoms with Gasteiger partial charge in [0.15, 0.2) is 0 Å². The van der Waals surface area contributed by atoms with Crippen LogP contribution in [0, 0.1) is 5.92 Å². The van der Waals surface area contributed by atoms with Crippen molar-refractivity contribution < 1.29 is 14.3 Å². The lowest BCUT2D eigenvalue weighted by molar-refractivity contribution is -0.153. The maximum Gasteiger partial charge on any atom is 0.308 e. The molecule has 3 nitrogen and oxygen atoms in total. The molecule has 0 saturated heterocycles. The van der Waals surface area contributed by atoms with E-state index in [-0.39, 0.29) is 18.0 Å². The number of carbonyl (C=O) groups excluding carboxylic acids is 1. The van der Waals surface area contributed by atoms with E-state index in [4.69, 9.17) is 9.47 Å². The molecule has 0 fully saturated rings. The van der Waals surface area contributed by atoms with Gasteiger partial charge in [0.25, 0.3) is 0 Å². The highest BCUT2D eigenvalue weighted by Gasteiger charge is 2.13. The van der Waals surface area contributed by atoms with Crippen LogP contribution in [0.2, 0.25) is 0 Å². The summed E-state index contributed by atoms with van der Waals surface area (Å²) in [5, 5.41) is 0. The van der Waals surface area contributed by atoms with Crippen molar-refractivity contribution >= 4 is 5.97 Å². The lowest BCUT2D eigenvalue weighted by Gasteiger charge is -2.16. The minimum Gasteiger partial charge on any atom is -0.490 e. The van der Waals surface area contributed by atoms with Gasteiger partial charge >= 0.3 is 5.97 Å². The Bertz CT molecular complexity index is 409. The molecule has 0 N–H and O–H groups in total. The quantitative estimate of drug-likeness (QED) is 0.702. The predicted octanol–water partition coefficient (Wildman–Crippen LogP) is 4.17. The first-order valence-corrected chi connectivity index (χ1v) is 7.37. The molecule has 1 aromatic rings. The highest BCUT2D eigenvalue weighted by atomic mass is 16.6. The fourth-order valence-electron chi connectivity index (χ4n) is 1.71. The summed E-state index contributed by atoms with van der Waals surface area (Å²) in [6.07, 6.45) is 0.890. The highest BCUT2D eigenvalue weighted by molar-refractivity contribution is 5.71. The molecule has 0 bridgehead atoms. The molecule has 0 aliphatic carbocycles. The molecule has 2 atom stereocenters. The van der Waals surface area contributed by atoms with Crippen LogP contribution in [0.4, 0.5) is 0 Å². The molecule has 1 aromatic carbocycles. The summed E-state index contributed by atoms with van der Waals surface area (Å²) < 4.78 is 10.9. The third kappa shape index (κ3) is 5.24. The lowest BCUT2D eigenvalue weighted by atomic mass is 9.99. The SMILES string of the molecule is CCC(C)c1ccc(OCC(C)OC(=O)C(C)C)cc1. The molecule has 2 unspecified atom stereocenters. The van der Waals surface area contributed by atoms with Crippen LogP contribution in [0.25, 0.3) is 0 Å². The number of rotatable bonds is 7. The Hall–Kier alpha value is -1.51. The second-order valence-corrected chi connectivity index (χ2v) is 5.59. The summed E-state index contributed by atoms with van der Waals surface area (Å²) in [6, 6.07) is 8.12. The van der Waals surface area contributed by atoms with Gasteiger partial charge in [-0.1, -0.05) is 39.8 Å². The lowest BCUT2D eigenvalue weighted by Crippen LogP contribution is -2.24. The van der Waals surface area contributed by atoms with Crippen LogP contribution in [-0.2, 0) is 9.53 Å². The summed E-state index contributed by atoms with van der Waals surface area (Å²) in [7, 11) is 0. The molecular weight excluding hydrogens is 252 g/mol. The first-order valence-electron chi connectivity index (χ1n) is 7.37. The Kier molecular flexibility index (Phi) is 6.56. The Balaban J connectivity index is 2.43. The van der Waals surface area contributed by atoms with Gasteiger partial charge in [-0.2, -0.15) is 0 Å². The van der Waals surface area contributed by atoms with Crippen LogP contribution in [0.15, 0.2) is 24.3 Å². The Morgan fingerprint density at radius 3 is 2.20 bits per heavy atom. The minimum absolute atomic E-state index is 0.104. The van der Waals surface area contributed by atoms with Gasteiger partial charge in [-0.05, 0) is 37.0 Å². The summed E-state index contributed by atoms with van der Waals surface area (Å²) in [6.45, 7) is 10.3. The second kappa shape index (κ2) is 7.93. The van der Waals surface area contributed by atoms with Crippen molar-refractivity contribution in [3.8, 4) is 5.75 Å². The molecule has 0 spiro atoms. The zero-order valence-electron chi connectivity index (χ0n) is 13.2. The zero-order chi connectivity index (χ0) is 15.1. The molecule has 112 valence electrons. The van der Waals surface area contributed by atoms with Crippen LogP contribution >= 0.6 is 0 Å². The molecule has 0 saturated carbocycles. The standard InChI is InChI=1S/C17H26O3/c1-6-13(4)15-7-9-16(10-8-15)19-11-14(5)20-17(18)12(2)3/h7-10,12-14H,6,11H2,1-5H3. The van der Waals surface area contributed by atoms with Crippen molar-refractivity contribution in [3.63, 3.8) is 0 Å². The van der Waals surface area contributed by atoms with Gasteiger partial charge in [-0.3, -0.25) is 4.79 Å². The Morgan fingerprint density at radius 1 is 1.10 bits per heavy atom. The van der Waals surface area contributed by atoms with Crippen molar-refractivity contribution in [2.75, 3.05) is 6.61 Å². The highest BCUT2D eigenvalue weighted by Crippen LogP contribution is 2.21. The van der Waals surface area contributed by atoms with Crippen molar-refractivity contribution in [1.82, 2.24) is 0 Å². The van der Waals surface area contributed by atoms with Gasteiger partial charge in [0, 0.05) is 0 Å². The maximum atomic E-state index is 11.4. The maximum absolute atomic E-state index is 11.4. The van der Waals surface area contributed by atoms with Gasteiger partial charge in [0.1, 0.15) is 18.5 Å². The molecule has 0 radical (unpaired) electrons. The van der Waals surface area contributed by atoms with Gasteiger partial charge in [0.05, 0.1) is 5.92 Å². The average molecular weight is 278 g/mol. The molecule has 20 heavy (non-hydrogen) atoms. The number of esters is 1. The van der Waals surface area contributed by atoms with E-state index in [2.05, 4.69) is 26.0 Å². The first kappa shape index (κ1) is 16.5. The van der Waals surface area contributed by atoms with E-state index >= 15 is 0 Å². The van der Waals surface area contributed by atoms with Crippen molar-refractivity contribution in [2.24, 2.45) is 5.92 Å². The van der Waals surface area contributed by atoms with Crippen LogP contribution in [-0.4, -0.2) is 18.7 Å². The summed E-state index contributed by atoms with van der Waals surface area (Å²) >= 11 is 0. The molecule has 0 amide bonds. The molecule has 0 aliphatic heterocycles. The first-order chi connectivity index (χ1) is 9.43. The summed E-state index contributed by atoms with van der Waals surface area (Å²) in [5.74, 6) is 1.08. The van der Waals surface area contributed by atoms with Gasteiger partial charge in [-0.25, -0.2) is 0 Å². The fourth-order valence-corrected chi connectivity index (χ4v) is 1.71. The number of hydrogen-bond acceptors (Lipinski definition) is 3. The number of carbonyl (C=O) groups is 1. The predicted molar refractivity (Wildman–Crippen MR) is 81.0 cm³/mol. The van der Waals surface area contributed by atoms with Crippen molar-refractivity contribution in [1.29, 1.82) is 0 Å². The number of benzene rings is 1. The normalized spacial score (nSPS) is 13.9. The average Bonchev–Trinajstić information content (AvgIpc) is 2.44. The fraction of sp³-hybridized carbons (Fsp3) is 0.588. The molecule has 1 rings (SSSR count). The van der Waals surface area contributed by atoms with Gasteiger partial charge < -0.3 is 9.47 Å². The van der Waals surface area contributed by atoms with E-state index in [9.17, 15) is 4.79 Å². The molecule has 0 aromatic heterocycles. The monoisotopic (exact) mass is 278 g/mol. The zero-order valence-corrected chi connectivity index (χ0v) is 13.2. The minimum atomic E-state index is -0.237. The third-order valence-electron chi connectivity index (χ3n) is 3.33. The second-order valence-electron chi connectivity index (χ2n) is 5.59. The van der Waals surface area contributed by atoms with E-state index in [0.717, 1.165) is 12.2 Å². The number of hydrogen-bond donors (Lipinski definition) is 0. The van der Waals surface area contributed by atoms with E-state index in [1.165, 1.54) is 5.56 Å². The van der Waals surface area contributed by atoms with E-state index < -0.39 is 0 Å². The molecular formula is C17H26O3. The topological polar surface area (TPSA) is 35.5 Å². The Morgan fingerprint density at radius 2 is 1.70 bits per heavy atom.